The number of nitrogens with two attached hydrogens (primary N) is 1. The molecule has 0 aliphatic heterocycles. The number of amidine groups is 1. The summed E-state index contributed by atoms with van der Waals surface area (Å²) in [5, 5.41) is 8.04. The van der Waals surface area contributed by atoms with E-state index >= 15 is 0 Å². The van der Waals surface area contributed by atoms with Crippen molar-refractivity contribution in [1.29, 1.82) is 5.41 Å². The van der Waals surface area contributed by atoms with Crippen LogP contribution in [-0.4, -0.2) is 18.4 Å². The molecule has 1 saturated carbocycles. The van der Waals surface area contributed by atoms with Gasteiger partial charge in [-0.25, -0.2) is 0 Å². The summed E-state index contributed by atoms with van der Waals surface area (Å²) in [6.07, 6.45) is 3.72. The highest BCUT2D eigenvalue weighted by Crippen LogP contribution is 2.34. The van der Waals surface area contributed by atoms with Crippen molar-refractivity contribution in [2.45, 2.75) is 39.2 Å². The molecule has 104 valence electrons. The molecular formula is C15H22ClN3. The van der Waals surface area contributed by atoms with Crippen LogP contribution in [0, 0.1) is 11.3 Å². The van der Waals surface area contributed by atoms with Crippen molar-refractivity contribution in [2.24, 2.45) is 11.7 Å². The van der Waals surface area contributed by atoms with Crippen LogP contribution < -0.4 is 10.6 Å². The second-order valence-corrected chi connectivity index (χ2v) is 6.09. The van der Waals surface area contributed by atoms with Crippen LogP contribution in [0.5, 0.6) is 0 Å². The lowest BCUT2D eigenvalue weighted by atomic mass is 10.1. The van der Waals surface area contributed by atoms with Crippen LogP contribution in [0.25, 0.3) is 0 Å². The Bertz CT molecular complexity index is 466. The Hall–Kier alpha value is -1.22. The lowest BCUT2D eigenvalue weighted by Gasteiger charge is -2.26. The van der Waals surface area contributed by atoms with Gasteiger partial charge in [-0.2, -0.15) is 0 Å². The Morgan fingerprint density at radius 1 is 1.47 bits per heavy atom. The summed E-state index contributed by atoms with van der Waals surface area (Å²) in [4.78, 5) is 2.44. The van der Waals surface area contributed by atoms with E-state index in [4.69, 9.17) is 22.7 Å². The van der Waals surface area contributed by atoms with Gasteiger partial charge in [0.05, 0.1) is 5.02 Å². The van der Waals surface area contributed by atoms with Crippen LogP contribution in [0.2, 0.25) is 5.02 Å². The number of nitrogen functional groups attached to an aromatic ring is 1. The van der Waals surface area contributed by atoms with Gasteiger partial charge < -0.3 is 10.6 Å². The van der Waals surface area contributed by atoms with Crippen molar-refractivity contribution < 1.29 is 0 Å². The smallest absolute Gasteiger partial charge is 0.124 e. The average Bonchev–Trinajstić information content (AvgIpc) is 3.13. The van der Waals surface area contributed by atoms with E-state index in [0.717, 1.165) is 12.2 Å². The van der Waals surface area contributed by atoms with Crippen molar-refractivity contribution in [3.8, 4) is 0 Å². The van der Waals surface area contributed by atoms with Gasteiger partial charge in [-0.1, -0.05) is 25.4 Å². The molecule has 3 N–H and O–H groups in total. The van der Waals surface area contributed by atoms with E-state index in [1.54, 1.807) is 0 Å². The van der Waals surface area contributed by atoms with Gasteiger partial charge in [0.25, 0.3) is 0 Å². The number of rotatable bonds is 6. The topological polar surface area (TPSA) is 53.1 Å². The third-order valence-electron chi connectivity index (χ3n) is 3.51. The molecule has 0 bridgehead atoms. The molecule has 19 heavy (non-hydrogen) atoms. The maximum Gasteiger partial charge on any atom is 0.124 e. The minimum absolute atomic E-state index is 0.0247. The number of nitrogens with zero attached hydrogens (tertiary/aromatic N) is 1. The lowest BCUT2D eigenvalue weighted by molar-refractivity contribution is 0.571. The number of anilines is 1. The molecule has 1 aliphatic carbocycles. The maximum atomic E-state index is 7.47. The molecule has 1 aromatic rings. The minimum atomic E-state index is 0.0247. The zero-order chi connectivity index (χ0) is 14.0. The maximum absolute atomic E-state index is 7.47. The van der Waals surface area contributed by atoms with E-state index in [1.165, 1.54) is 19.3 Å². The van der Waals surface area contributed by atoms with Crippen molar-refractivity contribution in [2.75, 3.05) is 11.4 Å². The van der Waals surface area contributed by atoms with Crippen LogP contribution in [0.4, 0.5) is 5.69 Å². The molecule has 4 heteroatoms. The molecular weight excluding hydrogens is 258 g/mol. The lowest BCUT2D eigenvalue weighted by Crippen LogP contribution is -2.27. The van der Waals surface area contributed by atoms with Gasteiger partial charge >= 0.3 is 0 Å². The predicted molar refractivity (Wildman–Crippen MR) is 82.3 cm³/mol. The van der Waals surface area contributed by atoms with Crippen molar-refractivity contribution in [3.63, 3.8) is 0 Å². The van der Waals surface area contributed by atoms with Crippen LogP contribution in [-0.2, 0) is 0 Å². The summed E-state index contributed by atoms with van der Waals surface area (Å²) < 4.78 is 0. The van der Waals surface area contributed by atoms with Gasteiger partial charge in [0.15, 0.2) is 0 Å². The summed E-state index contributed by atoms with van der Waals surface area (Å²) >= 11 is 6.21. The van der Waals surface area contributed by atoms with Gasteiger partial charge in [-0.15, -0.1) is 0 Å². The first-order valence-corrected chi connectivity index (χ1v) is 7.27. The largest absolute Gasteiger partial charge is 0.384 e. The molecule has 0 amide bonds. The third-order valence-corrected chi connectivity index (χ3v) is 3.82. The summed E-state index contributed by atoms with van der Waals surface area (Å²) in [5.74, 6) is 0.727. The highest BCUT2D eigenvalue weighted by Gasteiger charge is 2.29. The zero-order valence-corrected chi connectivity index (χ0v) is 12.4. The Labute approximate surface area is 120 Å². The second kappa shape index (κ2) is 5.83. The molecule has 0 unspecified atom stereocenters. The van der Waals surface area contributed by atoms with E-state index < -0.39 is 0 Å². The van der Waals surface area contributed by atoms with Gasteiger partial charge in [-0.3, -0.25) is 5.41 Å². The highest BCUT2D eigenvalue weighted by molar-refractivity contribution is 6.34. The minimum Gasteiger partial charge on any atom is -0.384 e. The first-order valence-electron chi connectivity index (χ1n) is 6.89. The average molecular weight is 280 g/mol. The number of hydrogen-bond acceptors (Lipinski definition) is 2. The fraction of sp³-hybridized carbons (Fsp3) is 0.533. The Morgan fingerprint density at radius 3 is 2.63 bits per heavy atom. The monoisotopic (exact) mass is 279 g/mol. The zero-order valence-electron chi connectivity index (χ0n) is 11.6. The van der Waals surface area contributed by atoms with Crippen molar-refractivity contribution in [1.82, 2.24) is 0 Å². The molecule has 0 saturated heterocycles. The summed E-state index contributed by atoms with van der Waals surface area (Å²) in [6, 6.07) is 6.49. The van der Waals surface area contributed by atoms with Crippen LogP contribution in [0.1, 0.15) is 38.7 Å². The Balaban J connectivity index is 2.17. The van der Waals surface area contributed by atoms with E-state index in [0.29, 0.717) is 22.5 Å². The second-order valence-electron chi connectivity index (χ2n) is 5.68. The number of halogens is 1. The van der Waals surface area contributed by atoms with Gasteiger partial charge in [0, 0.05) is 23.8 Å². The highest BCUT2D eigenvalue weighted by atomic mass is 35.5. The van der Waals surface area contributed by atoms with Crippen LogP contribution in [0.3, 0.4) is 0 Å². The molecule has 1 aromatic carbocycles. The summed E-state index contributed by atoms with van der Waals surface area (Å²) in [5.41, 5.74) is 7.26. The number of hydrogen-bond donors (Lipinski definition) is 2. The van der Waals surface area contributed by atoms with Gasteiger partial charge in [0.1, 0.15) is 5.84 Å². The predicted octanol–water partition coefficient (Wildman–Crippen LogP) is 3.64. The fourth-order valence-corrected chi connectivity index (χ4v) is 2.48. The molecule has 1 fully saturated rings. The van der Waals surface area contributed by atoms with Gasteiger partial charge in [0.2, 0.25) is 0 Å². The molecule has 3 nitrogen and oxygen atoms in total. The molecule has 2 rings (SSSR count). The Morgan fingerprint density at radius 2 is 2.16 bits per heavy atom. The van der Waals surface area contributed by atoms with Gasteiger partial charge in [-0.05, 0) is 43.4 Å². The van der Waals surface area contributed by atoms with E-state index in [2.05, 4.69) is 18.7 Å². The standard InChI is InChI=1S/C15H22ClN3/c1-10(2)7-8-19(11-3-4-11)12-5-6-13(15(17)18)14(16)9-12/h5-6,9-11H,3-4,7-8H2,1-2H3,(H3,17,18). The quantitative estimate of drug-likeness (QED) is 0.617. The fourth-order valence-electron chi connectivity index (χ4n) is 2.21. The summed E-state index contributed by atoms with van der Waals surface area (Å²) in [7, 11) is 0. The summed E-state index contributed by atoms with van der Waals surface area (Å²) in [6.45, 7) is 5.56. The van der Waals surface area contributed by atoms with Crippen molar-refractivity contribution >= 4 is 23.1 Å². The number of benzene rings is 1. The first-order chi connectivity index (χ1) is 8.99. The van der Waals surface area contributed by atoms with Crippen LogP contribution in [0.15, 0.2) is 18.2 Å². The number of nitrogens with one attached hydrogen (secondary N) is 1. The molecule has 0 radical (unpaired) electrons. The van der Waals surface area contributed by atoms with E-state index in [9.17, 15) is 0 Å². The first kappa shape index (κ1) is 14.2. The normalized spacial score (nSPS) is 14.7. The molecule has 1 aliphatic rings. The molecule has 0 spiro atoms. The van der Waals surface area contributed by atoms with E-state index in [1.807, 2.05) is 18.2 Å². The SMILES string of the molecule is CC(C)CCN(c1ccc(C(=N)N)c(Cl)c1)C1CC1. The van der Waals surface area contributed by atoms with Crippen LogP contribution >= 0.6 is 11.6 Å². The van der Waals surface area contributed by atoms with E-state index in [-0.39, 0.29) is 5.84 Å². The van der Waals surface area contributed by atoms with Crippen molar-refractivity contribution in [3.05, 3.63) is 28.8 Å². The third kappa shape index (κ3) is 3.63. The molecule has 0 heterocycles. The molecule has 0 atom stereocenters. The molecule has 0 aromatic heterocycles. The Kier molecular flexibility index (Phi) is 4.35.